The highest BCUT2D eigenvalue weighted by Crippen LogP contribution is 2.44. The van der Waals surface area contributed by atoms with E-state index in [0.717, 1.165) is 25.7 Å². The summed E-state index contributed by atoms with van der Waals surface area (Å²) in [6.45, 7) is 0. The molecule has 4 bridgehead atoms. The van der Waals surface area contributed by atoms with Gasteiger partial charge in [-0.15, -0.1) is 0 Å². The van der Waals surface area contributed by atoms with Crippen molar-refractivity contribution in [3.05, 3.63) is 24.3 Å². The van der Waals surface area contributed by atoms with Gasteiger partial charge in [0.2, 0.25) is 0 Å². The Labute approximate surface area is 123 Å². The van der Waals surface area contributed by atoms with E-state index >= 15 is 0 Å². The second kappa shape index (κ2) is 4.98. The average molecular weight is 289 g/mol. The maximum Gasteiger partial charge on any atom is 0.332 e. The Kier molecular flexibility index (Phi) is 3.10. The van der Waals surface area contributed by atoms with Gasteiger partial charge < -0.3 is 9.68 Å². The summed E-state index contributed by atoms with van der Waals surface area (Å²) in [5.41, 5.74) is 2.11. The summed E-state index contributed by atoms with van der Waals surface area (Å²) in [4.78, 5) is 33.7. The molecule has 112 valence electrons. The van der Waals surface area contributed by atoms with Crippen molar-refractivity contribution < 1.29 is 19.3 Å². The fraction of sp³-hybridized carbons (Fsp3) is 0.625. The molecule has 4 aliphatic carbocycles. The normalized spacial score (nSPS) is 41.7. The highest BCUT2D eigenvalue weighted by Gasteiger charge is 2.42. The first-order valence-corrected chi connectivity index (χ1v) is 7.73. The lowest BCUT2D eigenvalue weighted by Crippen LogP contribution is -2.32. The molecule has 6 unspecified atom stereocenters. The zero-order valence-electron chi connectivity index (χ0n) is 11.7. The molecular weight excluding hydrogens is 270 g/mol. The van der Waals surface area contributed by atoms with Crippen LogP contribution in [-0.2, 0) is 19.3 Å². The summed E-state index contributed by atoms with van der Waals surface area (Å²) in [5.74, 6) is 0.742. The minimum Gasteiger partial charge on any atom is -0.335 e. The van der Waals surface area contributed by atoms with Gasteiger partial charge in [-0.2, -0.15) is 0 Å². The summed E-state index contributed by atoms with van der Waals surface area (Å²) in [6.07, 6.45) is 12.3. The molecule has 0 aromatic carbocycles. The molecule has 5 heteroatoms. The number of hydrogen-bond donors (Lipinski definition) is 1. The lowest BCUT2D eigenvalue weighted by atomic mass is 9.94. The number of carbonyl (C=O) groups excluding carboxylic acids is 2. The Bertz CT molecular complexity index is 480. The summed E-state index contributed by atoms with van der Waals surface area (Å²) < 4.78 is 0. The molecule has 2 saturated carbocycles. The summed E-state index contributed by atoms with van der Waals surface area (Å²) in [5, 5.41) is 0. The Morgan fingerprint density at radius 2 is 1.24 bits per heavy atom. The van der Waals surface area contributed by atoms with E-state index < -0.39 is 0 Å². The first-order chi connectivity index (χ1) is 10.2. The van der Waals surface area contributed by atoms with Crippen LogP contribution in [0, 0.1) is 35.5 Å². The minimum absolute atomic E-state index is 0.100. The highest BCUT2D eigenvalue weighted by molar-refractivity contribution is 5.75. The van der Waals surface area contributed by atoms with Crippen molar-refractivity contribution in [2.45, 2.75) is 25.7 Å². The molecular formula is C16H19NO4. The van der Waals surface area contributed by atoms with Gasteiger partial charge in [0.15, 0.2) is 0 Å². The first-order valence-electron chi connectivity index (χ1n) is 7.73. The van der Waals surface area contributed by atoms with Gasteiger partial charge >= 0.3 is 11.9 Å². The van der Waals surface area contributed by atoms with Gasteiger partial charge in [-0.1, -0.05) is 24.3 Å². The Morgan fingerprint density at radius 1 is 0.762 bits per heavy atom. The third-order valence-corrected chi connectivity index (χ3v) is 5.45. The third kappa shape index (κ3) is 2.29. The fourth-order valence-corrected chi connectivity index (χ4v) is 4.36. The molecule has 0 spiro atoms. The zero-order valence-corrected chi connectivity index (χ0v) is 11.7. The molecule has 2 fully saturated rings. The number of nitrogens with one attached hydrogen (secondary N) is 1. The van der Waals surface area contributed by atoms with Crippen molar-refractivity contribution in [2.75, 3.05) is 0 Å². The molecule has 4 rings (SSSR count). The SMILES string of the molecule is O=C(ONOC(=O)C1CC2C=CC1C2)C1CC2C=CC1C2. The number of rotatable bonds is 4. The van der Waals surface area contributed by atoms with Crippen LogP contribution in [0.1, 0.15) is 25.7 Å². The second-order valence-corrected chi connectivity index (χ2v) is 6.70. The summed E-state index contributed by atoms with van der Waals surface area (Å²) >= 11 is 0. The van der Waals surface area contributed by atoms with Crippen LogP contribution in [0.3, 0.4) is 0 Å². The molecule has 0 aromatic rings. The van der Waals surface area contributed by atoms with E-state index in [1.165, 1.54) is 0 Å². The number of allylic oxidation sites excluding steroid dienone is 4. The summed E-state index contributed by atoms with van der Waals surface area (Å²) in [7, 11) is 0. The van der Waals surface area contributed by atoms with Gasteiger partial charge in [0.1, 0.15) is 0 Å². The molecule has 0 aromatic heterocycles. The van der Waals surface area contributed by atoms with Crippen LogP contribution in [0.4, 0.5) is 0 Å². The minimum atomic E-state index is -0.326. The Hall–Kier alpha value is -1.62. The topological polar surface area (TPSA) is 64.6 Å². The van der Waals surface area contributed by atoms with Crippen molar-refractivity contribution in [3.8, 4) is 0 Å². The van der Waals surface area contributed by atoms with E-state index in [4.69, 9.17) is 9.68 Å². The molecule has 5 nitrogen and oxygen atoms in total. The van der Waals surface area contributed by atoms with Crippen LogP contribution in [0.2, 0.25) is 0 Å². The molecule has 0 heterocycles. The summed E-state index contributed by atoms with van der Waals surface area (Å²) in [6, 6.07) is 0. The van der Waals surface area contributed by atoms with E-state index in [2.05, 4.69) is 29.9 Å². The fourth-order valence-electron chi connectivity index (χ4n) is 4.36. The quantitative estimate of drug-likeness (QED) is 0.632. The highest BCUT2D eigenvalue weighted by atomic mass is 16.9. The maximum absolute atomic E-state index is 11.9. The molecule has 6 atom stereocenters. The van der Waals surface area contributed by atoms with Crippen LogP contribution >= 0.6 is 0 Å². The number of fused-ring (bicyclic) bond motifs is 4. The molecule has 0 aliphatic heterocycles. The van der Waals surface area contributed by atoms with Crippen molar-refractivity contribution in [1.29, 1.82) is 0 Å². The van der Waals surface area contributed by atoms with E-state index in [0.29, 0.717) is 11.8 Å². The van der Waals surface area contributed by atoms with Gasteiger partial charge in [-0.3, -0.25) is 0 Å². The van der Waals surface area contributed by atoms with Crippen LogP contribution in [0.5, 0.6) is 0 Å². The smallest absolute Gasteiger partial charge is 0.332 e. The van der Waals surface area contributed by atoms with Crippen LogP contribution < -0.4 is 5.64 Å². The first kappa shape index (κ1) is 13.1. The predicted molar refractivity (Wildman–Crippen MR) is 73.0 cm³/mol. The zero-order chi connectivity index (χ0) is 14.4. The maximum atomic E-state index is 11.9. The molecule has 0 saturated heterocycles. The van der Waals surface area contributed by atoms with Crippen molar-refractivity contribution in [2.24, 2.45) is 35.5 Å². The van der Waals surface area contributed by atoms with Gasteiger partial charge in [-0.25, -0.2) is 9.59 Å². The van der Waals surface area contributed by atoms with Crippen molar-refractivity contribution in [1.82, 2.24) is 5.64 Å². The van der Waals surface area contributed by atoms with E-state index in [9.17, 15) is 9.59 Å². The number of carbonyl (C=O) groups is 2. The van der Waals surface area contributed by atoms with Gasteiger partial charge in [0, 0.05) is 5.64 Å². The van der Waals surface area contributed by atoms with Crippen LogP contribution in [-0.4, -0.2) is 11.9 Å². The largest absolute Gasteiger partial charge is 0.335 e. The lowest BCUT2D eigenvalue weighted by molar-refractivity contribution is -0.205. The standard InChI is InChI=1S/C16H19NO4/c18-15(13-7-9-1-3-11(13)5-9)20-17-21-16(19)14-8-10-2-4-12(14)6-10/h1-4,9-14,17H,5-8H2. The van der Waals surface area contributed by atoms with Crippen molar-refractivity contribution >= 4 is 11.9 Å². The van der Waals surface area contributed by atoms with E-state index in [1.54, 1.807) is 0 Å². The molecule has 4 aliphatic rings. The van der Waals surface area contributed by atoms with E-state index in [-0.39, 0.29) is 35.6 Å². The predicted octanol–water partition coefficient (Wildman–Crippen LogP) is 1.92. The van der Waals surface area contributed by atoms with E-state index in [1.807, 2.05) is 0 Å². The second-order valence-electron chi connectivity index (χ2n) is 6.70. The molecule has 0 radical (unpaired) electrons. The Balaban J connectivity index is 1.23. The monoisotopic (exact) mass is 289 g/mol. The Morgan fingerprint density at radius 3 is 1.57 bits per heavy atom. The van der Waals surface area contributed by atoms with Crippen molar-refractivity contribution in [3.63, 3.8) is 0 Å². The molecule has 1 N–H and O–H groups in total. The van der Waals surface area contributed by atoms with Gasteiger partial charge in [0.25, 0.3) is 0 Å². The average Bonchev–Trinajstić information content (AvgIpc) is 3.25. The molecule has 21 heavy (non-hydrogen) atoms. The lowest BCUT2D eigenvalue weighted by Gasteiger charge is -2.18. The molecule has 0 amide bonds. The third-order valence-electron chi connectivity index (χ3n) is 5.45. The van der Waals surface area contributed by atoms with Gasteiger partial charge in [-0.05, 0) is 49.4 Å². The van der Waals surface area contributed by atoms with Gasteiger partial charge in [0.05, 0.1) is 11.8 Å². The van der Waals surface area contributed by atoms with Crippen LogP contribution in [0.25, 0.3) is 0 Å². The number of hydrogen-bond acceptors (Lipinski definition) is 5. The van der Waals surface area contributed by atoms with Crippen LogP contribution in [0.15, 0.2) is 24.3 Å².